The summed E-state index contributed by atoms with van der Waals surface area (Å²) in [5.41, 5.74) is -2.26. The second-order valence-corrected chi connectivity index (χ2v) is 4.46. The maximum absolute atomic E-state index is 12.6. The molecule has 1 aliphatic carbocycles. The number of carbonyl (C=O) groups excluding carboxylic acids is 2. The van der Waals surface area contributed by atoms with E-state index in [2.05, 4.69) is 4.74 Å². The van der Waals surface area contributed by atoms with Gasteiger partial charge in [-0.3, -0.25) is 4.79 Å². The van der Waals surface area contributed by atoms with Crippen LogP contribution in [0.5, 0.6) is 5.75 Å². The molecule has 0 aliphatic heterocycles. The van der Waals surface area contributed by atoms with Crippen LogP contribution in [0.2, 0.25) is 0 Å². The Bertz CT molecular complexity index is 547. The van der Waals surface area contributed by atoms with Gasteiger partial charge in [0.05, 0.1) is 18.2 Å². The zero-order valence-corrected chi connectivity index (χ0v) is 10.5. The van der Waals surface area contributed by atoms with Gasteiger partial charge in [0.1, 0.15) is 5.75 Å². The first-order chi connectivity index (χ1) is 9.32. The molecule has 2 rings (SSSR count). The van der Waals surface area contributed by atoms with Crippen LogP contribution in [0.15, 0.2) is 18.2 Å². The number of ether oxygens (including phenoxy) is 2. The molecule has 0 amide bonds. The van der Waals surface area contributed by atoms with Gasteiger partial charge in [0.25, 0.3) is 0 Å². The summed E-state index contributed by atoms with van der Waals surface area (Å²) in [4.78, 5) is 22.4. The Morgan fingerprint density at radius 3 is 2.45 bits per heavy atom. The topological polar surface area (TPSA) is 52.6 Å². The van der Waals surface area contributed by atoms with E-state index in [1.165, 1.54) is 7.11 Å². The standard InChI is InChI=1S/C13H11F3O4/c1-19-11(18)12(4-5-12)20-10-6-9(13(14,15)16)3-2-8(10)7-17/h2-3,6-7H,4-5H2,1H3. The molecule has 0 N–H and O–H groups in total. The molecule has 1 fully saturated rings. The van der Waals surface area contributed by atoms with Gasteiger partial charge in [-0.05, 0) is 18.2 Å². The molecule has 1 aromatic carbocycles. The summed E-state index contributed by atoms with van der Waals surface area (Å²) in [5, 5.41) is 0. The lowest BCUT2D eigenvalue weighted by Crippen LogP contribution is -2.31. The molecule has 4 nitrogen and oxygen atoms in total. The number of rotatable bonds is 4. The maximum atomic E-state index is 12.6. The molecule has 0 bridgehead atoms. The van der Waals surface area contributed by atoms with Gasteiger partial charge >= 0.3 is 12.1 Å². The average Bonchev–Trinajstić information content (AvgIpc) is 3.17. The Morgan fingerprint density at radius 1 is 1.35 bits per heavy atom. The summed E-state index contributed by atoms with van der Waals surface area (Å²) in [6.45, 7) is 0. The molecule has 7 heteroatoms. The third-order valence-electron chi connectivity index (χ3n) is 3.03. The molecule has 1 aliphatic rings. The minimum Gasteiger partial charge on any atom is -0.475 e. The minimum atomic E-state index is -4.55. The number of methoxy groups -OCH3 is 1. The maximum Gasteiger partial charge on any atom is 0.416 e. The van der Waals surface area contributed by atoms with E-state index in [1.807, 2.05) is 0 Å². The summed E-state index contributed by atoms with van der Waals surface area (Å²) in [7, 11) is 1.17. The fraction of sp³-hybridized carbons (Fsp3) is 0.385. The third-order valence-corrected chi connectivity index (χ3v) is 3.03. The Hall–Kier alpha value is -2.05. The van der Waals surface area contributed by atoms with E-state index in [-0.39, 0.29) is 11.3 Å². The molecule has 0 saturated heterocycles. The summed E-state index contributed by atoms with van der Waals surface area (Å²) >= 11 is 0. The highest BCUT2D eigenvalue weighted by molar-refractivity contribution is 5.84. The van der Waals surface area contributed by atoms with E-state index >= 15 is 0 Å². The van der Waals surface area contributed by atoms with Gasteiger partial charge in [0, 0.05) is 12.8 Å². The summed E-state index contributed by atoms with van der Waals surface area (Å²) in [5.74, 6) is -0.926. The Labute approximate surface area is 112 Å². The quantitative estimate of drug-likeness (QED) is 0.631. The van der Waals surface area contributed by atoms with Crippen LogP contribution >= 0.6 is 0 Å². The van der Waals surface area contributed by atoms with Crippen LogP contribution in [0.1, 0.15) is 28.8 Å². The van der Waals surface area contributed by atoms with Crippen LogP contribution < -0.4 is 4.74 Å². The van der Waals surface area contributed by atoms with Crippen LogP contribution in [0.25, 0.3) is 0 Å². The summed E-state index contributed by atoms with van der Waals surface area (Å²) in [6.07, 6.45) is -3.49. The number of hydrogen-bond acceptors (Lipinski definition) is 4. The first kappa shape index (κ1) is 14.4. The molecule has 20 heavy (non-hydrogen) atoms. The van der Waals surface area contributed by atoms with Crippen LogP contribution in [-0.4, -0.2) is 25.0 Å². The van der Waals surface area contributed by atoms with E-state index in [0.29, 0.717) is 25.2 Å². The first-order valence-corrected chi connectivity index (χ1v) is 5.76. The number of hydrogen-bond donors (Lipinski definition) is 0. The van der Waals surface area contributed by atoms with E-state index < -0.39 is 23.3 Å². The zero-order chi connectivity index (χ0) is 15.0. The number of benzene rings is 1. The highest BCUT2D eigenvalue weighted by Crippen LogP contribution is 2.43. The molecule has 0 unspecified atom stereocenters. The van der Waals surface area contributed by atoms with Gasteiger partial charge < -0.3 is 9.47 Å². The Kier molecular flexibility index (Phi) is 3.45. The SMILES string of the molecule is COC(=O)C1(Oc2cc(C(F)(F)F)ccc2C=O)CC1. The van der Waals surface area contributed by atoms with Gasteiger partial charge in [-0.15, -0.1) is 0 Å². The number of halogens is 3. The van der Waals surface area contributed by atoms with Crippen LogP contribution in [0, 0.1) is 0 Å². The first-order valence-electron chi connectivity index (χ1n) is 5.76. The molecule has 108 valence electrons. The van der Waals surface area contributed by atoms with E-state index in [1.54, 1.807) is 0 Å². The summed E-state index contributed by atoms with van der Waals surface area (Å²) < 4.78 is 47.8. The van der Waals surface area contributed by atoms with Crippen LogP contribution in [0.3, 0.4) is 0 Å². The van der Waals surface area contributed by atoms with E-state index in [0.717, 1.165) is 12.1 Å². The van der Waals surface area contributed by atoms with Crippen molar-refractivity contribution < 1.29 is 32.2 Å². The largest absolute Gasteiger partial charge is 0.475 e. The van der Waals surface area contributed by atoms with Crippen molar-refractivity contribution >= 4 is 12.3 Å². The molecule has 0 heterocycles. The monoisotopic (exact) mass is 288 g/mol. The number of esters is 1. The van der Waals surface area contributed by atoms with Crippen molar-refractivity contribution in [2.45, 2.75) is 24.6 Å². The molecular formula is C13H11F3O4. The van der Waals surface area contributed by atoms with Crippen molar-refractivity contribution in [1.29, 1.82) is 0 Å². The second kappa shape index (κ2) is 4.81. The molecule has 0 radical (unpaired) electrons. The highest BCUT2D eigenvalue weighted by atomic mass is 19.4. The summed E-state index contributed by atoms with van der Waals surface area (Å²) in [6, 6.07) is 2.51. The average molecular weight is 288 g/mol. The molecule has 0 atom stereocenters. The van der Waals surface area contributed by atoms with Crippen molar-refractivity contribution in [2.24, 2.45) is 0 Å². The molecular weight excluding hydrogens is 277 g/mol. The number of carbonyl (C=O) groups is 2. The predicted octanol–water partition coefficient (Wildman–Crippen LogP) is 2.60. The van der Waals surface area contributed by atoms with Crippen molar-refractivity contribution in [3.63, 3.8) is 0 Å². The fourth-order valence-corrected chi connectivity index (χ4v) is 1.75. The van der Waals surface area contributed by atoms with Crippen molar-refractivity contribution in [3.8, 4) is 5.75 Å². The van der Waals surface area contributed by atoms with Crippen molar-refractivity contribution in [3.05, 3.63) is 29.3 Å². The van der Waals surface area contributed by atoms with Gasteiger partial charge in [0.15, 0.2) is 6.29 Å². The second-order valence-electron chi connectivity index (χ2n) is 4.46. The third kappa shape index (κ3) is 2.61. The zero-order valence-electron chi connectivity index (χ0n) is 10.5. The predicted molar refractivity (Wildman–Crippen MR) is 61.4 cm³/mol. The van der Waals surface area contributed by atoms with Crippen LogP contribution in [-0.2, 0) is 15.7 Å². The van der Waals surface area contributed by atoms with Crippen molar-refractivity contribution in [2.75, 3.05) is 7.11 Å². The van der Waals surface area contributed by atoms with Gasteiger partial charge in [-0.25, -0.2) is 4.79 Å². The number of aldehydes is 1. The minimum absolute atomic E-state index is 0.0480. The van der Waals surface area contributed by atoms with Gasteiger partial charge in [-0.1, -0.05) is 0 Å². The van der Waals surface area contributed by atoms with E-state index in [9.17, 15) is 22.8 Å². The van der Waals surface area contributed by atoms with Gasteiger partial charge in [-0.2, -0.15) is 13.2 Å². The van der Waals surface area contributed by atoms with Crippen LogP contribution in [0.4, 0.5) is 13.2 Å². The lowest BCUT2D eigenvalue weighted by Gasteiger charge is -2.18. The normalized spacial score (nSPS) is 16.4. The molecule has 0 spiro atoms. The number of alkyl halides is 3. The lowest BCUT2D eigenvalue weighted by atomic mass is 10.1. The molecule has 1 aromatic rings. The smallest absolute Gasteiger partial charge is 0.416 e. The fourth-order valence-electron chi connectivity index (χ4n) is 1.75. The molecule has 0 aromatic heterocycles. The lowest BCUT2D eigenvalue weighted by molar-refractivity contribution is -0.151. The highest BCUT2D eigenvalue weighted by Gasteiger charge is 2.54. The Balaban J connectivity index is 2.35. The molecule has 1 saturated carbocycles. The van der Waals surface area contributed by atoms with Crippen molar-refractivity contribution in [1.82, 2.24) is 0 Å². The Morgan fingerprint density at radius 2 is 2.00 bits per heavy atom. The van der Waals surface area contributed by atoms with Gasteiger partial charge in [0.2, 0.25) is 5.60 Å². The van der Waals surface area contributed by atoms with E-state index in [4.69, 9.17) is 4.74 Å².